The minimum Gasteiger partial charge on any atom is -0.305 e. The zero-order valence-corrected chi connectivity index (χ0v) is 21.4. The third kappa shape index (κ3) is 3.81. The molecule has 4 aliphatic carbocycles. The molecule has 0 spiro atoms. The smallest absolute Gasteiger partial charge is 0.305 e. The second kappa shape index (κ2) is 9.00. The highest BCUT2D eigenvalue weighted by molar-refractivity contribution is 7.62. The minimum atomic E-state index is -3.34. The van der Waals surface area contributed by atoms with Crippen LogP contribution in [0.15, 0.2) is 47.1 Å². The van der Waals surface area contributed by atoms with E-state index in [1.165, 1.54) is 16.7 Å². The fourth-order valence-electron chi connectivity index (χ4n) is 7.15. The molecular formula is C28H35O5P. The highest BCUT2D eigenvalue weighted by Gasteiger charge is 2.56. The van der Waals surface area contributed by atoms with E-state index >= 15 is 0 Å². The summed E-state index contributed by atoms with van der Waals surface area (Å²) in [5, 5.41) is 0.568. The van der Waals surface area contributed by atoms with Gasteiger partial charge in [0, 0.05) is 24.2 Å². The molecule has 182 valence electrons. The highest BCUT2D eigenvalue weighted by Crippen LogP contribution is 2.62. The number of rotatable bonds is 6. The first-order valence-corrected chi connectivity index (χ1v) is 14.3. The van der Waals surface area contributed by atoms with E-state index in [4.69, 9.17) is 9.05 Å². The van der Waals surface area contributed by atoms with Gasteiger partial charge < -0.3 is 9.05 Å². The Hall–Kier alpha value is -1.81. The summed E-state index contributed by atoms with van der Waals surface area (Å²) in [7, 11) is -3.34. The van der Waals surface area contributed by atoms with Crippen LogP contribution in [0.5, 0.6) is 0 Å². The number of benzene rings is 1. The van der Waals surface area contributed by atoms with Crippen LogP contribution in [0.25, 0.3) is 0 Å². The van der Waals surface area contributed by atoms with E-state index in [0.29, 0.717) is 49.0 Å². The quantitative estimate of drug-likeness (QED) is 0.462. The van der Waals surface area contributed by atoms with Crippen molar-refractivity contribution in [3.05, 3.63) is 52.6 Å². The lowest BCUT2D eigenvalue weighted by Gasteiger charge is -2.50. The van der Waals surface area contributed by atoms with Gasteiger partial charge in [0.15, 0.2) is 5.78 Å². The Morgan fingerprint density at radius 2 is 1.68 bits per heavy atom. The van der Waals surface area contributed by atoms with Crippen LogP contribution >= 0.6 is 7.60 Å². The summed E-state index contributed by atoms with van der Waals surface area (Å²) in [6.07, 6.45) is 7.68. The average Bonchev–Trinajstić information content (AvgIpc) is 3.12. The molecule has 0 aromatic heterocycles. The van der Waals surface area contributed by atoms with E-state index in [1.807, 2.05) is 44.2 Å². The molecule has 0 aliphatic heterocycles. The van der Waals surface area contributed by atoms with Gasteiger partial charge in [-0.25, -0.2) is 0 Å². The summed E-state index contributed by atoms with van der Waals surface area (Å²) >= 11 is 0. The molecule has 0 amide bonds. The molecule has 2 saturated carbocycles. The molecule has 0 saturated heterocycles. The van der Waals surface area contributed by atoms with E-state index in [0.717, 1.165) is 37.7 Å². The van der Waals surface area contributed by atoms with Crippen LogP contribution in [0.4, 0.5) is 0 Å². The molecule has 5 nitrogen and oxygen atoms in total. The monoisotopic (exact) mass is 482 g/mol. The summed E-state index contributed by atoms with van der Waals surface area (Å²) in [5.74, 6) is 1.56. The molecule has 5 rings (SSSR count). The van der Waals surface area contributed by atoms with Gasteiger partial charge in [0.25, 0.3) is 0 Å². The van der Waals surface area contributed by atoms with Crippen molar-refractivity contribution < 1.29 is 23.2 Å². The summed E-state index contributed by atoms with van der Waals surface area (Å²) in [4.78, 5) is 25.2. The van der Waals surface area contributed by atoms with Crippen molar-refractivity contribution in [1.82, 2.24) is 0 Å². The van der Waals surface area contributed by atoms with Crippen LogP contribution in [0.1, 0.15) is 77.2 Å². The molecule has 34 heavy (non-hydrogen) atoms. The van der Waals surface area contributed by atoms with Gasteiger partial charge in [-0.3, -0.25) is 14.2 Å². The average molecular weight is 483 g/mol. The summed E-state index contributed by atoms with van der Waals surface area (Å²) in [6.45, 7) is 6.44. The van der Waals surface area contributed by atoms with Crippen molar-refractivity contribution in [3.63, 3.8) is 0 Å². The Labute approximate surface area is 202 Å². The van der Waals surface area contributed by atoms with E-state index in [1.54, 1.807) is 0 Å². The van der Waals surface area contributed by atoms with Crippen LogP contribution < -0.4 is 5.30 Å². The van der Waals surface area contributed by atoms with Gasteiger partial charge in [0.05, 0.1) is 18.5 Å². The fraction of sp³-hybridized carbons (Fsp3) is 0.571. The van der Waals surface area contributed by atoms with Crippen LogP contribution in [0, 0.1) is 17.3 Å². The van der Waals surface area contributed by atoms with Gasteiger partial charge in [0.2, 0.25) is 0 Å². The predicted octanol–water partition coefficient (Wildman–Crippen LogP) is 6.05. The number of hydrogen-bond acceptors (Lipinski definition) is 5. The molecule has 0 radical (unpaired) electrons. The second-order valence-electron chi connectivity index (χ2n) is 10.4. The standard InChI is InChI=1S/C28H35O5P/c1-4-32-34(31,33-5-2)21-10-6-18(7-11-21)24-17-28(3)25(14-15-26(28)30)23-12-8-19-16-20(29)9-13-22(19)27(23)24/h6-7,10-11,16,23-25H,4-5,8-9,12-15,17H2,1-3H3/t23?,24-,25+,28+/m1/s1. The zero-order chi connectivity index (χ0) is 24.1. The molecule has 4 atom stereocenters. The van der Waals surface area contributed by atoms with Gasteiger partial charge in [-0.2, -0.15) is 0 Å². The maximum atomic E-state index is 13.3. The Morgan fingerprint density at radius 3 is 2.35 bits per heavy atom. The topological polar surface area (TPSA) is 69.7 Å². The second-order valence-corrected chi connectivity index (χ2v) is 12.4. The number of hydrogen-bond donors (Lipinski definition) is 0. The lowest BCUT2D eigenvalue weighted by Crippen LogP contribution is -2.43. The molecular weight excluding hydrogens is 447 g/mol. The molecule has 0 bridgehead atoms. The largest absolute Gasteiger partial charge is 0.361 e. The van der Waals surface area contributed by atoms with E-state index in [2.05, 4.69) is 6.92 Å². The first-order valence-electron chi connectivity index (χ1n) is 12.8. The Balaban J connectivity index is 1.59. The summed E-state index contributed by atoms with van der Waals surface area (Å²) in [6, 6.07) is 7.84. The number of Topliss-reactive ketones (excluding diaryl/α,β-unsaturated/α-hetero) is 1. The lowest BCUT2D eigenvalue weighted by atomic mass is 9.53. The summed E-state index contributed by atoms with van der Waals surface area (Å²) < 4.78 is 24.3. The lowest BCUT2D eigenvalue weighted by molar-refractivity contribution is -0.128. The van der Waals surface area contributed by atoms with Gasteiger partial charge in [-0.15, -0.1) is 0 Å². The zero-order valence-electron chi connectivity index (χ0n) is 20.5. The molecule has 0 N–H and O–H groups in total. The van der Waals surface area contributed by atoms with E-state index in [9.17, 15) is 14.2 Å². The van der Waals surface area contributed by atoms with Crippen molar-refractivity contribution in [2.45, 2.75) is 71.6 Å². The maximum absolute atomic E-state index is 13.3. The van der Waals surface area contributed by atoms with E-state index < -0.39 is 7.60 Å². The SMILES string of the molecule is CCOP(=O)(OCC)c1ccc([C@H]2C[C@]3(C)C(=O)CC[C@H]3C3CCC4=CC(=O)CCC4=C32)cc1. The van der Waals surface area contributed by atoms with Crippen molar-refractivity contribution in [2.24, 2.45) is 17.3 Å². The molecule has 1 aromatic carbocycles. The van der Waals surface area contributed by atoms with Gasteiger partial charge in [-0.1, -0.05) is 24.6 Å². The van der Waals surface area contributed by atoms with Gasteiger partial charge in [-0.05, 0) is 92.7 Å². The molecule has 6 heteroatoms. The third-order valence-electron chi connectivity index (χ3n) is 8.65. The first kappa shape index (κ1) is 23.9. The van der Waals surface area contributed by atoms with Crippen LogP contribution in [0.3, 0.4) is 0 Å². The number of carbonyl (C=O) groups excluding carboxylic acids is 2. The fourth-order valence-corrected chi connectivity index (χ4v) is 8.71. The van der Waals surface area contributed by atoms with Gasteiger partial charge >= 0.3 is 7.60 Å². The molecule has 1 unspecified atom stereocenters. The van der Waals surface area contributed by atoms with Crippen molar-refractivity contribution >= 4 is 24.5 Å². The van der Waals surface area contributed by atoms with Crippen molar-refractivity contribution in [3.8, 4) is 0 Å². The van der Waals surface area contributed by atoms with Crippen LogP contribution in [-0.2, 0) is 23.2 Å². The number of fused-ring (bicyclic) bond motifs is 4. The number of allylic oxidation sites excluding steroid dienone is 4. The Bertz CT molecular complexity index is 1100. The molecule has 2 fully saturated rings. The van der Waals surface area contributed by atoms with Gasteiger partial charge in [0.1, 0.15) is 5.78 Å². The normalized spacial score (nSPS) is 31.1. The maximum Gasteiger partial charge on any atom is 0.361 e. The third-order valence-corrected chi connectivity index (χ3v) is 10.8. The van der Waals surface area contributed by atoms with Crippen molar-refractivity contribution in [1.29, 1.82) is 0 Å². The van der Waals surface area contributed by atoms with Crippen LogP contribution in [-0.4, -0.2) is 24.8 Å². The van der Waals surface area contributed by atoms with Crippen molar-refractivity contribution in [2.75, 3.05) is 13.2 Å². The molecule has 4 aliphatic rings. The van der Waals surface area contributed by atoms with E-state index in [-0.39, 0.29) is 17.1 Å². The molecule has 0 heterocycles. The summed E-state index contributed by atoms with van der Waals surface area (Å²) in [5.41, 5.74) is 4.91. The predicted molar refractivity (Wildman–Crippen MR) is 132 cm³/mol. The van der Waals surface area contributed by atoms with Crippen LogP contribution in [0.2, 0.25) is 0 Å². The number of ketones is 2. The Morgan fingerprint density at radius 1 is 0.971 bits per heavy atom. The molecule has 1 aromatic rings. The number of carbonyl (C=O) groups is 2. The highest BCUT2D eigenvalue weighted by atomic mass is 31.2. The Kier molecular flexibility index (Phi) is 6.33. The minimum absolute atomic E-state index is 0.132. The first-order chi connectivity index (χ1) is 16.3.